The van der Waals surface area contributed by atoms with Crippen LogP contribution in [0, 0.1) is 0 Å². The van der Waals surface area contributed by atoms with Gasteiger partial charge in [0.1, 0.15) is 12.2 Å². The molecule has 7 nitrogen and oxygen atoms in total. The quantitative estimate of drug-likeness (QED) is 0.862. The van der Waals surface area contributed by atoms with E-state index < -0.39 is 0 Å². The number of carbonyl (C=O) groups is 1. The number of ether oxygens (including phenoxy) is 2. The van der Waals surface area contributed by atoms with Crippen molar-refractivity contribution < 1.29 is 14.3 Å². The molecule has 0 radical (unpaired) electrons. The number of aromatic nitrogens is 3. The molecule has 0 saturated carbocycles. The summed E-state index contributed by atoms with van der Waals surface area (Å²) in [6.07, 6.45) is 3.52. The smallest absolute Gasteiger partial charge is 0.254 e. The Balaban J connectivity index is 1.50. The highest BCUT2D eigenvalue weighted by molar-refractivity contribution is 5.95. The first kappa shape index (κ1) is 14.0. The lowest BCUT2D eigenvalue weighted by Crippen LogP contribution is -2.29. The normalized spacial score (nSPS) is 19.3. The summed E-state index contributed by atoms with van der Waals surface area (Å²) >= 11 is 0. The van der Waals surface area contributed by atoms with Crippen molar-refractivity contribution in [2.45, 2.75) is 25.8 Å². The minimum atomic E-state index is 0.0249. The van der Waals surface area contributed by atoms with Crippen LogP contribution in [0.4, 0.5) is 0 Å². The molecular weight excluding hydrogens is 296 g/mol. The van der Waals surface area contributed by atoms with Gasteiger partial charge in [-0.1, -0.05) is 6.92 Å². The first-order valence-corrected chi connectivity index (χ1v) is 7.83. The van der Waals surface area contributed by atoms with Gasteiger partial charge in [-0.15, -0.1) is 10.2 Å². The highest BCUT2D eigenvalue weighted by Gasteiger charge is 2.29. The second kappa shape index (κ2) is 5.57. The Morgan fingerprint density at radius 3 is 3.09 bits per heavy atom. The molecule has 0 spiro atoms. The fraction of sp³-hybridized carbons (Fsp3) is 0.438. The van der Waals surface area contributed by atoms with Gasteiger partial charge in [0, 0.05) is 25.1 Å². The van der Waals surface area contributed by atoms with Crippen molar-refractivity contribution in [3.8, 4) is 11.5 Å². The van der Waals surface area contributed by atoms with Crippen LogP contribution in [0.3, 0.4) is 0 Å². The fourth-order valence-corrected chi connectivity index (χ4v) is 3.19. The molecule has 0 unspecified atom stereocenters. The monoisotopic (exact) mass is 314 g/mol. The summed E-state index contributed by atoms with van der Waals surface area (Å²) in [4.78, 5) is 14.6. The number of benzene rings is 1. The Morgan fingerprint density at radius 1 is 1.35 bits per heavy atom. The maximum atomic E-state index is 12.7. The molecular formula is C16H18N4O3. The molecule has 23 heavy (non-hydrogen) atoms. The number of hydrogen-bond donors (Lipinski definition) is 0. The van der Waals surface area contributed by atoms with Gasteiger partial charge in [-0.25, -0.2) is 0 Å². The van der Waals surface area contributed by atoms with E-state index in [-0.39, 0.29) is 18.7 Å². The van der Waals surface area contributed by atoms with Crippen LogP contribution in [0.2, 0.25) is 0 Å². The summed E-state index contributed by atoms with van der Waals surface area (Å²) < 4.78 is 12.7. The van der Waals surface area contributed by atoms with E-state index in [0.717, 1.165) is 25.2 Å². The van der Waals surface area contributed by atoms with E-state index in [1.807, 2.05) is 4.90 Å². The number of rotatable bonds is 3. The van der Waals surface area contributed by atoms with Crippen LogP contribution in [-0.4, -0.2) is 45.5 Å². The van der Waals surface area contributed by atoms with Gasteiger partial charge >= 0.3 is 0 Å². The summed E-state index contributed by atoms with van der Waals surface area (Å²) in [5.41, 5.74) is 0.634. The molecule has 1 aromatic heterocycles. The van der Waals surface area contributed by atoms with Crippen LogP contribution in [-0.2, 0) is 6.42 Å². The molecule has 2 aromatic rings. The van der Waals surface area contributed by atoms with Crippen molar-refractivity contribution in [1.29, 1.82) is 0 Å². The Labute approximate surface area is 133 Å². The van der Waals surface area contributed by atoms with Crippen molar-refractivity contribution in [1.82, 2.24) is 19.7 Å². The molecule has 3 heterocycles. The molecule has 1 aromatic carbocycles. The van der Waals surface area contributed by atoms with Gasteiger partial charge in [-0.2, -0.15) is 0 Å². The van der Waals surface area contributed by atoms with Crippen molar-refractivity contribution in [3.63, 3.8) is 0 Å². The summed E-state index contributed by atoms with van der Waals surface area (Å²) in [6.45, 7) is 3.69. The summed E-state index contributed by atoms with van der Waals surface area (Å²) in [6, 6.07) is 5.59. The standard InChI is InChI=1S/C16H18N4O3/c1-2-15-18-17-9-20(15)12-5-6-19(8-12)16(21)11-3-4-13-14(7-11)23-10-22-13/h3-4,7,9,12H,2,5-6,8,10H2,1H3/t12-/m1/s1. The average molecular weight is 314 g/mol. The molecule has 2 aliphatic rings. The van der Waals surface area contributed by atoms with Crippen molar-refractivity contribution in [3.05, 3.63) is 35.9 Å². The molecule has 1 amide bonds. The zero-order chi connectivity index (χ0) is 15.8. The van der Waals surface area contributed by atoms with Gasteiger partial charge in [-0.05, 0) is 24.6 Å². The zero-order valence-electron chi connectivity index (χ0n) is 12.9. The van der Waals surface area contributed by atoms with Gasteiger partial charge in [-0.3, -0.25) is 4.79 Å². The van der Waals surface area contributed by atoms with Crippen molar-refractivity contribution >= 4 is 5.91 Å². The van der Waals surface area contributed by atoms with Crippen molar-refractivity contribution in [2.24, 2.45) is 0 Å². The van der Waals surface area contributed by atoms with E-state index in [9.17, 15) is 4.79 Å². The average Bonchev–Trinajstić information content (AvgIpc) is 3.31. The third-order valence-corrected chi connectivity index (χ3v) is 4.43. The van der Waals surface area contributed by atoms with Crippen LogP contribution in [0.1, 0.15) is 35.6 Å². The van der Waals surface area contributed by atoms with E-state index >= 15 is 0 Å². The number of nitrogens with zero attached hydrogens (tertiary/aromatic N) is 4. The SMILES string of the molecule is CCc1nncn1[C@@H]1CCN(C(=O)c2ccc3c(c2)OCO3)C1. The van der Waals surface area contributed by atoms with E-state index in [0.29, 0.717) is 23.6 Å². The summed E-state index contributed by atoms with van der Waals surface area (Å²) in [7, 11) is 0. The lowest BCUT2D eigenvalue weighted by atomic mass is 10.2. The predicted molar refractivity (Wildman–Crippen MR) is 81.5 cm³/mol. The van der Waals surface area contributed by atoms with Gasteiger partial charge in [0.15, 0.2) is 11.5 Å². The molecule has 7 heteroatoms. The number of hydrogen-bond acceptors (Lipinski definition) is 5. The molecule has 120 valence electrons. The van der Waals surface area contributed by atoms with Crippen LogP contribution in [0.15, 0.2) is 24.5 Å². The number of amides is 1. The molecule has 4 rings (SSSR count). The fourth-order valence-electron chi connectivity index (χ4n) is 3.19. The molecule has 0 bridgehead atoms. The third kappa shape index (κ3) is 2.42. The highest BCUT2D eigenvalue weighted by Crippen LogP contribution is 2.33. The van der Waals surface area contributed by atoms with Crippen molar-refractivity contribution in [2.75, 3.05) is 19.9 Å². The zero-order valence-corrected chi connectivity index (χ0v) is 12.9. The molecule has 1 saturated heterocycles. The number of fused-ring (bicyclic) bond motifs is 1. The predicted octanol–water partition coefficient (Wildman–Crippen LogP) is 1.66. The van der Waals surface area contributed by atoms with E-state index in [1.165, 1.54) is 0 Å². The maximum absolute atomic E-state index is 12.7. The van der Waals surface area contributed by atoms with Gasteiger partial charge in [0.25, 0.3) is 5.91 Å². The molecule has 0 aliphatic carbocycles. The minimum absolute atomic E-state index is 0.0249. The number of aryl methyl sites for hydroxylation is 1. The minimum Gasteiger partial charge on any atom is -0.454 e. The van der Waals surface area contributed by atoms with Crippen LogP contribution >= 0.6 is 0 Å². The Morgan fingerprint density at radius 2 is 2.22 bits per heavy atom. The highest BCUT2D eigenvalue weighted by atomic mass is 16.7. The van der Waals surface area contributed by atoms with E-state index in [2.05, 4.69) is 21.7 Å². The lowest BCUT2D eigenvalue weighted by Gasteiger charge is -2.18. The number of carbonyl (C=O) groups excluding carboxylic acids is 1. The van der Waals surface area contributed by atoms with E-state index in [1.54, 1.807) is 24.5 Å². The van der Waals surface area contributed by atoms with Gasteiger partial charge in [0.05, 0.1) is 6.04 Å². The lowest BCUT2D eigenvalue weighted by molar-refractivity contribution is 0.0787. The van der Waals surface area contributed by atoms with Crippen LogP contribution in [0.5, 0.6) is 11.5 Å². The second-order valence-corrected chi connectivity index (χ2v) is 5.77. The Hall–Kier alpha value is -2.57. The largest absolute Gasteiger partial charge is 0.454 e. The molecule has 0 N–H and O–H groups in total. The summed E-state index contributed by atoms with van der Waals surface area (Å²) in [5, 5.41) is 8.11. The first-order valence-electron chi connectivity index (χ1n) is 7.83. The first-order chi connectivity index (χ1) is 11.3. The summed E-state index contributed by atoms with van der Waals surface area (Å²) in [5.74, 6) is 2.32. The molecule has 2 aliphatic heterocycles. The molecule has 1 atom stereocenters. The molecule has 1 fully saturated rings. The number of likely N-dealkylation sites (tertiary alicyclic amines) is 1. The third-order valence-electron chi connectivity index (χ3n) is 4.43. The van der Waals surface area contributed by atoms with Crippen LogP contribution < -0.4 is 9.47 Å². The Kier molecular flexibility index (Phi) is 3.40. The van der Waals surface area contributed by atoms with E-state index in [4.69, 9.17) is 9.47 Å². The van der Waals surface area contributed by atoms with Gasteiger partial charge in [0.2, 0.25) is 6.79 Å². The van der Waals surface area contributed by atoms with Gasteiger partial charge < -0.3 is 18.9 Å². The second-order valence-electron chi connectivity index (χ2n) is 5.77. The topological polar surface area (TPSA) is 69.5 Å². The maximum Gasteiger partial charge on any atom is 0.254 e. The Bertz CT molecular complexity index is 743. The van der Waals surface area contributed by atoms with Crippen LogP contribution in [0.25, 0.3) is 0 Å².